The molecule has 0 saturated carbocycles. The standard InChI is InChI=1S/C15H18BrNO3/c1-11(15(19)20-3)10-17(2)14(18)9-8-12-6-4-5-7-13(12)16/h4-9,11H,10H2,1-3H3. The lowest BCUT2D eigenvalue weighted by atomic mass is 10.1. The predicted octanol–water partition coefficient (Wildman–Crippen LogP) is 2.73. The summed E-state index contributed by atoms with van der Waals surface area (Å²) >= 11 is 3.41. The minimum atomic E-state index is -0.342. The molecule has 0 aliphatic rings. The molecule has 1 aromatic rings. The molecule has 0 fully saturated rings. The zero-order valence-electron chi connectivity index (χ0n) is 11.8. The topological polar surface area (TPSA) is 46.6 Å². The number of halogens is 1. The van der Waals surface area contributed by atoms with Gasteiger partial charge in [-0.25, -0.2) is 0 Å². The van der Waals surface area contributed by atoms with Crippen molar-refractivity contribution < 1.29 is 14.3 Å². The van der Waals surface area contributed by atoms with Crippen LogP contribution in [0.3, 0.4) is 0 Å². The minimum absolute atomic E-state index is 0.156. The maximum Gasteiger partial charge on any atom is 0.310 e. The monoisotopic (exact) mass is 339 g/mol. The number of likely N-dealkylation sites (N-methyl/N-ethyl adjacent to an activating group) is 1. The van der Waals surface area contributed by atoms with E-state index in [1.165, 1.54) is 18.1 Å². The van der Waals surface area contributed by atoms with E-state index in [1.807, 2.05) is 24.3 Å². The van der Waals surface area contributed by atoms with Crippen molar-refractivity contribution in [3.8, 4) is 0 Å². The van der Waals surface area contributed by atoms with Crippen molar-refractivity contribution >= 4 is 33.9 Å². The lowest BCUT2D eigenvalue weighted by Gasteiger charge is -2.18. The summed E-state index contributed by atoms with van der Waals surface area (Å²) in [5, 5.41) is 0. The van der Waals surface area contributed by atoms with Crippen LogP contribution in [0.25, 0.3) is 6.08 Å². The van der Waals surface area contributed by atoms with Gasteiger partial charge in [-0.2, -0.15) is 0 Å². The van der Waals surface area contributed by atoms with Gasteiger partial charge in [-0.05, 0) is 17.7 Å². The Morgan fingerprint density at radius 3 is 2.65 bits per heavy atom. The maximum atomic E-state index is 11.9. The van der Waals surface area contributed by atoms with Gasteiger partial charge in [-0.15, -0.1) is 0 Å². The summed E-state index contributed by atoms with van der Waals surface area (Å²) in [6.07, 6.45) is 3.23. The molecule has 0 N–H and O–H groups in total. The third kappa shape index (κ3) is 4.81. The first kappa shape index (κ1) is 16.4. The molecular formula is C15H18BrNO3. The molecule has 4 nitrogen and oxygen atoms in total. The van der Waals surface area contributed by atoms with Crippen molar-refractivity contribution in [2.45, 2.75) is 6.92 Å². The average molecular weight is 340 g/mol. The molecule has 20 heavy (non-hydrogen) atoms. The predicted molar refractivity (Wildman–Crippen MR) is 82.0 cm³/mol. The Morgan fingerprint density at radius 1 is 1.40 bits per heavy atom. The van der Waals surface area contributed by atoms with E-state index in [4.69, 9.17) is 0 Å². The molecule has 1 unspecified atom stereocenters. The van der Waals surface area contributed by atoms with E-state index in [2.05, 4.69) is 20.7 Å². The van der Waals surface area contributed by atoms with Crippen LogP contribution in [0, 0.1) is 5.92 Å². The van der Waals surface area contributed by atoms with E-state index >= 15 is 0 Å². The summed E-state index contributed by atoms with van der Waals surface area (Å²) in [6, 6.07) is 7.63. The molecule has 1 amide bonds. The van der Waals surface area contributed by atoms with Crippen LogP contribution in [0.1, 0.15) is 12.5 Å². The van der Waals surface area contributed by atoms with Gasteiger partial charge < -0.3 is 9.64 Å². The number of hydrogen-bond donors (Lipinski definition) is 0. The fourth-order valence-electron chi connectivity index (χ4n) is 1.68. The second-order valence-electron chi connectivity index (χ2n) is 4.50. The quantitative estimate of drug-likeness (QED) is 0.612. The SMILES string of the molecule is COC(=O)C(C)CN(C)C(=O)C=Cc1ccccc1Br. The molecule has 0 aliphatic carbocycles. The highest BCUT2D eigenvalue weighted by molar-refractivity contribution is 9.10. The average Bonchev–Trinajstić information content (AvgIpc) is 2.44. The molecule has 0 saturated heterocycles. The Hall–Kier alpha value is -1.62. The number of benzene rings is 1. The summed E-state index contributed by atoms with van der Waals surface area (Å²) in [7, 11) is 3.00. The highest BCUT2D eigenvalue weighted by atomic mass is 79.9. The van der Waals surface area contributed by atoms with Gasteiger partial charge in [0.25, 0.3) is 0 Å². The van der Waals surface area contributed by atoms with Gasteiger partial charge in [-0.3, -0.25) is 9.59 Å². The van der Waals surface area contributed by atoms with Gasteiger partial charge in [0.2, 0.25) is 5.91 Å². The number of esters is 1. The minimum Gasteiger partial charge on any atom is -0.469 e. The summed E-state index contributed by atoms with van der Waals surface area (Å²) in [4.78, 5) is 24.8. The fraction of sp³-hybridized carbons (Fsp3) is 0.333. The van der Waals surface area contributed by atoms with E-state index in [9.17, 15) is 9.59 Å². The highest BCUT2D eigenvalue weighted by Gasteiger charge is 2.17. The van der Waals surface area contributed by atoms with Crippen LogP contribution in [-0.4, -0.2) is 37.5 Å². The van der Waals surface area contributed by atoms with Crippen LogP contribution >= 0.6 is 15.9 Å². The summed E-state index contributed by atoms with van der Waals surface area (Å²) in [5.74, 6) is -0.818. The largest absolute Gasteiger partial charge is 0.469 e. The van der Waals surface area contributed by atoms with E-state index in [-0.39, 0.29) is 17.8 Å². The van der Waals surface area contributed by atoms with Gasteiger partial charge in [0.15, 0.2) is 0 Å². The number of hydrogen-bond acceptors (Lipinski definition) is 3. The molecule has 1 atom stereocenters. The van der Waals surface area contributed by atoms with E-state index < -0.39 is 0 Å². The smallest absolute Gasteiger partial charge is 0.310 e. The molecule has 5 heteroatoms. The zero-order chi connectivity index (χ0) is 15.1. The summed E-state index contributed by atoms with van der Waals surface area (Å²) in [6.45, 7) is 2.05. The number of carbonyl (C=O) groups is 2. The Labute approximate surface area is 127 Å². The molecule has 0 aromatic heterocycles. The molecule has 0 radical (unpaired) electrons. The molecule has 0 spiro atoms. The normalized spacial score (nSPS) is 12.2. The first-order valence-electron chi connectivity index (χ1n) is 6.21. The van der Waals surface area contributed by atoms with Crippen LogP contribution in [0.4, 0.5) is 0 Å². The highest BCUT2D eigenvalue weighted by Crippen LogP contribution is 2.17. The second kappa shape index (κ2) is 7.85. The number of nitrogens with zero attached hydrogens (tertiary/aromatic N) is 1. The molecular weight excluding hydrogens is 322 g/mol. The third-order valence-electron chi connectivity index (χ3n) is 2.84. The van der Waals surface area contributed by atoms with E-state index in [0.29, 0.717) is 6.54 Å². The summed E-state index contributed by atoms with van der Waals surface area (Å²) < 4.78 is 5.56. The van der Waals surface area contributed by atoms with Crippen LogP contribution in [0.15, 0.2) is 34.8 Å². The van der Waals surface area contributed by atoms with Crippen molar-refractivity contribution in [1.29, 1.82) is 0 Å². The second-order valence-corrected chi connectivity index (χ2v) is 5.35. The first-order chi connectivity index (χ1) is 9.45. The lowest BCUT2D eigenvalue weighted by molar-refractivity contribution is -0.145. The molecule has 1 aromatic carbocycles. The first-order valence-corrected chi connectivity index (χ1v) is 7.00. The molecule has 108 valence electrons. The fourth-order valence-corrected chi connectivity index (χ4v) is 2.09. The van der Waals surface area contributed by atoms with Gasteiger partial charge in [0.05, 0.1) is 13.0 Å². The Balaban J connectivity index is 2.62. The Bertz CT molecular complexity index is 514. The molecule has 0 heterocycles. The van der Waals surface area contributed by atoms with Crippen LogP contribution < -0.4 is 0 Å². The number of amides is 1. The maximum absolute atomic E-state index is 11.9. The van der Waals surface area contributed by atoms with Gasteiger partial charge >= 0.3 is 5.97 Å². The number of ether oxygens (including phenoxy) is 1. The number of carbonyl (C=O) groups excluding carboxylic acids is 2. The zero-order valence-corrected chi connectivity index (χ0v) is 13.4. The van der Waals surface area contributed by atoms with E-state index in [1.54, 1.807) is 20.0 Å². The van der Waals surface area contributed by atoms with Gasteiger partial charge in [0, 0.05) is 24.1 Å². The van der Waals surface area contributed by atoms with E-state index in [0.717, 1.165) is 10.0 Å². The van der Waals surface area contributed by atoms with Crippen molar-refractivity contribution in [3.63, 3.8) is 0 Å². The van der Waals surface area contributed by atoms with Gasteiger partial charge in [0.1, 0.15) is 0 Å². The Morgan fingerprint density at radius 2 is 2.05 bits per heavy atom. The van der Waals surface area contributed by atoms with Crippen LogP contribution in [-0.2, 0) is 14.3 Å². The van der Waals surface area contributed by atoms with Gasteiger partial charge in [-0.1, -0.05) is 41.1 Å². The third-order valence-corrected chi connectivity index (χ3v) is 3.56. The van der Waals surface area contributed by atoms with Crippen molar-refractivity contribution in [3.05, 3.63) is 40.4 Å². The Kier molecular flexibility index (Phi) is 6.45. The van der Waals surface area contributed by atoms with Crippen LogP contribution in [0.5, 0.6) is 0 Å². The molecule has 0 bridgehead atoms. The van der Waals surface area contributed by atoms with Crippen molar-refractivity contribution in [1.82, 2.24) is 4.90 Å². The van der Waals surface area contributed by atoms with Crippen molar-refractivity contribution in [2.75, 3.05) is 20.7 Å². The molecule has 1 rings (SSSR count). The summed E-state index contributed by atoms with van der Waals surface area (Å²) in [5.41, 5.74) is 0.926. The van der Waals surface area contributed by atoms with Crippen LogP contribution in [0.2, 0.25) is 0 Å². The molecule has 0 aliphatic heterocycles. The number of methoxy groups -OCH3 is 1. The van der Waals surface area contributed by atoms with Crippen molar-refractivity contribution in [2.24, 2.45) is 5.92 Å². The lowest BCUT2D eigenvalue weighted by Crippen LogP contribution is -2.33. The number of rotatable bonds is 5.